The van der Waals surface area contributed by atoms with E-state index < -0.39 is 22.9 Å². The number of ether oxygens (including phenoxy) is 1. The van der Waals surface area contributed by atoms with Crippen molar-refractivity contribution in [3.8, 4) is 11.6 Å². The first kappa shape index (κ1) is 21.5. The van der Waals surface area contributed by atoms with Crippen LogP contribution in [0.3, 0.4) is 0 Å². The first-order valence-electron chi connectivity index (χ1n) is 9.22. The largest absolute Gasteiger partial charge is 0.462 e. The van der Waals surface area contributed by atoms with Gasteiger partial charge in [0.25, 0.3) is 0 Å². The van der Waals surface area contributed by atoms with Crippen LogP contribution >= 0.6 is 11.8 Å². The normalized spacial score (nSPS) is 11.7. The van der Waals surface area contributed by atoms with Crippen LogP contribution < -0.4 is 5.32 Å². The van der Waals surface area contributed by atoms with E-state index in [4.69, 9.17) is 9.15 Å². The standard InChI is InChI=1S/C21H20FN3O4S/c1-4-28-21(27)17-12(2)23-18(16-10-7-11-29-16)25-20(17)30-13(3)19(26)24-15-9-6-5-8-14(15)22/h5-11,13H,4H2,1-3H3,(H,24,26)/t13-/m0/s1. The maximum absolute atomic E-state index is 13.8. The number of benzene rings is 1. The number of carbonyl (C=O) groups is 2. The van der Waals surface area contributed by atoms with Gasteiger partial charge in [0.05, 0.1) is 29.5 Å². The number of hydrogen-bond acceptors (Lipinski definition) is 7. The highest BCUT2D eigenvalue weighted by molar-refractivity contribution is 8.00. The molecular formula is C21H20FN3O4S. The van der Waals surface area contributed by atoms with Gasteiger partial charge >= 0.3 is 5.97 Å². The van der Waals surface area contributed by atoms with Gasteiger partial charge in [-0.3, -0.25) is 4.79 Å². The Labute approximate surface area is 177 Å². The van der Waals surface area contributed by atoms with Crippen LogP contribution in [0, 0.1) is 12.7 Å². The molecule has 0 aliphatic carbocycles. The van der Waals surface area contributed by atoms with Crippen molar-refractivity contribution in [2.24, 2.45) is 0 Å². The fraction of sp³-hybridized carbons (Fsp3) is 0.238. The molecule has 0 unspecified atom stereocenters. The summed E-state index contributed by atoms with van der Waals surface area (Å²) in [6, 6.07) is 9.29. The molecule has 2 heterocycles. The van der Waals surface area contributed by atoms with Crippen molar-refractivity contribution < 1.29 is 23.1 Å². The SMILES string of the molecule is CCOC(=O)c1c(C)nc(-c2ccco2)nc1S[C@@H](C)C(=O)Nc1ccccc1F. The molecule has 1 amide bonds. The number of nitrogens with one attached hydrogen (secondary N) is 1. The highest BCUT2D eigenvalue weighted by atomic mass is 32.2. The van der Waals surface area contributed by atoms with E-state index >= 15 is 0 Å². The number of rotatable bonds is 7. The first-order chi connectivity index (χ1) is 14.4. The van der Waals surface area contributed by atoms with Gasteiger partial charge in [0.15, 0.2) is 11.6 Å². The third-order valence-corrected chi connectivity index (χ3v) is 5.15. The minimum atomic E-state index is -0.684. The monoisotopic (exact) mass is 429 g/mol. The molecule has 0 aliphatic rings. The van der Waals surface area contributed by atoms with Gasteiger partial charge in [-0.15, -0.1) is 0 Å². The van der Waals surface area contributed by atoms with E-state index in [-0.39, 0.29) is 28.7 Å². The third kappa shape index (κ3) is 4.85. The second kappa shape index (κ2) is 9.53. The van der Waals surface area contributed by atoms with Crippen molar-refractivity contribution in [3.63, 3.8) is 0 Å². The van der Waals surface area contributed by atoms with E-state index in [1.807, 2.05) is 0 Å². The molecule has 3 aromatic rings. The Morgan fingerprint density at radius 1 is 1.23 bits per heavy atom. The van der Waals surface area contributed by atoms with E-state index in [0.717, 1.165) is 11.8 Å². The Morgan fingerprint density at radius 3 is 2.67 bits per heavy atom. The van der Waals surface area contributed by atoms with E-state index in [2.05, 4.69) is 15.3 Å². The van der Waals surface area contributed by atoms with Gasteiger partial charge in [-0.05, 0) is 45.0 Å². The Morgan fingerprint density at radius 2 is 2.00 bits per heavy atom. The van der Waals surface area contributed by atoms with Crippen LogP contribution in [0.1, 0.15) is 29.9 Å². The van der Waals surface area contributed by atoms with Gasteiger partial charge in [0.1, 0.15) is 16.4 Å². The van der Waals surface area contributed by atoms with Crippen molar-refractivity contribution in [2.75, 3.05) is 11.9 Å². The molecule has 156 valence electrons. The summed E-state index contributed by atoms with van der Waals surface area (Å²) in [6.45, 7) is 5.18. The van der Waals surface area contributed by atoms with Crippen LogP contribution in [0.15, 0.2) is 52.1 Å². The van der Waals surface area contributed by atoms with Crippen molar-refractivity contribution in [2.45, 2.75) is 31.0 Å². The zero-order chi connectivity index (χ0) is 21.7. The molecule has 9 heteroatoms. The quantitative estimate of drug-likeness (QED) is 0.336. The minimum absolute atomic E-state index is 0.0794. The lowest BCUT2D eigenvalue weighted by molar-refractivity contribution is -0.115. The summed E-state index contributed by atoms with van der Waals surface area (Å²) in [4.78, 5) is 33.9. The maximum Gasteiger partial charge on any atom is 0.342 e. The first-order valence-corrected chi connectivity index (χ1v) is 10.1. The summed E-state index contributed by atoms with van der Waals surface area (Å²) in [5.74, 6) is -0.831. The topological polar surface area (TPSA) is 94.3 Å². The summed E-state index contributed by atoms with van der Waals surface area (Å²) in [7, 11) is 0. The predicted molar refractivity (Wildman–Crippen MR) is 111 cm³/mol. The number of para-hydroxylation sites is 1. The van der Waals surface area contributed by atoms with Crippen LogP contribution in [-0.4, -0.2) is 33.7 Å². The van der Waals surface area contributed by atoms with Crippen molar-refractivity contribution in [1.82, 2.24) is 9.97 Å². The van der Waals surface area contributed by atoms with Gasteiger partial charge < -0.3 is 14.5 Å². The average molecular weight is 429 g/mol. The van der Waals surface area contributed by atoms with Gasteiger partial charge in [-0.1, -0.05) is 23.9 Å². The molecule has 1 atom stereocenters. The second-order valence-electron chi connectivity index (χ2n) is 6.24. The fourth-order valence-corrected chi connectivity index (χ4v) is 3.59. The smallest absolute Gasteiger partial charge is 0.342 e. The number of amides is 1. The van der Waals surface area contributed by atoms with Crippen LogP contribution in [0.2, 0.25) is 0 Å². The van der Waals surface area contributed by atoms with E-state index in [0.29, 0.717) is 11.5 Å². The lowest BCUT2D eigenvalue weighted by atomic mass is 10.2. The highest BCUT2D eigenvalue weighted by Crippen LogP contribution is 2.30. The summed E-state index contributed by atoms with van der Waals surface area (Å²) in [5, 5.41) is 2.15. The second-order valence-corrected chi connectivity index (χ2v) is 7.57. The minimum Gasteiger partial charge on any atom is -0.462 e. The summed E-state index contributed by atoms with van der Waals surface area (Å²) in [6.07, 6.45) is 1.49. The third-order valence-electron chi connectivity index (χ3n) is 4.07. The molecule has 0 saturated carbocycles. The molecule has 0 saturated heterocycles. The predicted octanol–water partition coefficient (Wildman–Crippen LogP) is 4.48. The molecule has 7 nitrogen and oxygen atoms in total. The number of halogens is 1. The van der Waals surface area contributed by atoms with Crippen molar-refractivity contribution in [1.29, 1.82) is 0 Å². The molecule has 0 spiro atoms. The molecular weight excluding hydrogens is 409 g/mol. The summed E-state index contributed by atoms with van der Waals surface area (Å²) in [5.41, 5.74) is 0.664. The van der Waals surface area contributed by atoms with Crippen LogP contribution in [-0.2, 0) is 9.53 Å². The summed E-state index contributed by atoms with van der Waals surface area (Å²) >= 11 is 1.06. The zero-order valence-corrected chi connectivity index (χ0v) is 17.5. The lowest BCUT2D eigenvalue weighted by Crippen LogP contribution is -2.24. The van der Waals surface area contributed by atoms with Crippen molar-refractivity contribution in [3.05, 3.63) is 59.7 Å². The number of furan rings is 1. The highest BCUT2D eigenvalue weighted by Gasteiger charge is 2.25. The lowest BCUT2D eigenvalue weighted by Gasteiger charge is -2.15. The summed E-state index contributed by atoms with van der Waals surface area (Å²) < 4.78 is 24.3. The van der Waals surface area contributed by atoms with E-state index in [1.165, 1.54) is 24.5 Å². The molecule has 2 aromatic heterocycles. The Kier molecular flexibility index (Phi) is 6.83. The molecule has 0 radical (unpaired) electrons. The number of anilines is 1. The molecule has 3 rings (SSSR count). The fourth-order valence-electron chi connectivity index (χ4n) is 2.60. The van der Waals surface area contributed by atoms with Crippen LogP contribution in [0.4, 0.5) is 10.1 Å². The van der Waals surface area contributed by atoms with Crippen LogP contribution in [0.5, 0.6) is 0 Å². The molecule has 1 aromatic carbocycles. The van der Waals surface area contributed by atoms with E-state index in [9.17, 15) is 14.0 Å². The Bertz CT molecular complexity index is 1060. The Hall–Kier alpha value is -3.20. The number of aromatic nitrogens is 2. The number of aryl methyl sites for hydroxylation is 1. The molecule has 30 heavy (non-hydrogen) atoms. The zero-order valence-electron chi connectivity index (χ0n) is 16.6. The molecule has 0 bridgehead atoms. The maximum atomic E-state index is 13.8. The van der Waals surface area contributed by atoms with Gasteiger partial charge in [0, 0.05) is 0 Å². The molecule has 0 fully saturated rings. The van der Waals surface area contributed by atoms with Crippen molar-refractivity contribution >= 4 is 29.3 Å². The molecule has 1 N–H and O–H groups in total. The number of hydrogen-bond donors (Lipinski definition) is 1. The van der Waals surface area contributed by atoms with Gasteiger partial charge in [-0.2, -0.15) is 0 Å². The Balaban J connectivity index is 1.91. The average Bonchev–Trinajstić information content (AvgIpc) is 3.24. The van der Waals surface area contributed by atoms with Crippen LogP contribution in [0.25, 0.3) is 11.6 Å². The van der Waals surface area contributed by atoms with E-state index in [1.54, 1.807) is 39.0 Å². The number of carbonyl (C=O) groups excluding carboxylic acids is 2. The van der Waals surface area contributed by atoms with Gasteiger partial charge in [-0.25, -0.2) is 19.2 Å². The molecule has 0 aliphatic heterocycles. The van der Waals surface area contributed by atoms with Gasteiger partial charge in [0.2, 0.25) is 5.91 Å². The number of thioether (sulfide) groups is 1. The number of nitrogens with zero attached hydrogens (tertiary/aromatic N) is 2. The number of esters is 1.